The molecule has 4 heteroatoms. The molecule has 0 radical (unpaired) electrons. The standard InChI is InChI=1S/C12H9F2NS/c13-8-5-6-11(9(14)7-8)16-12-4-2-1-3-10(12)15/h1-7H,15H2. The summed E-state index contributed by atoms with van der Waals surface area (Å²) in [6, 6.07) is 10.7. The second kappa shape index (κ2) is 4.53. The molecule has 2 N–H and O–H groups in total. The van der Waals surface area contributed by atoms with Crippen LogP contribution in [0.2, 0.25) is 0 Å². The molecule has 0 spiro atoms. The zero-order chi connectivity index (χ0) is 11.5. The molecule has 2 aromatic rings. The normalized spacial score (nSPS) is 10.4. The molecule has 0 bridgehead atoms. The highest BCUT2D eigenvalue weighted by atomic mass is 32.2. The van der Waals surface area contributed by atoms with Gasteiger partial charge in [-0.1, -0.05) is 23.9 Å². The van der Waals surface area contributed by atoms with E-state index in [9.17, 15) is 8.78 Å². The van der Waals surface area contributed by atoms with Crippen molar-refractivity contribution in [1.29, 1.82) is 0 Å². The highest BCUT2D eigenvalue weighted by Gasteiger charge is 2.07. The minimum atomic E-state index is -0.581. The Morgan fingerprint density at radius 1 is 0.938 bits per heavy atom. The molecule has 82 valence electrons. The number of para-hydroxylation sites is 1. The van der Waals surface area contributed by atoms with Gasteiger partial charge in [0.25, 0.3) is 0 Å². The zero-order valence-electron chi connectivity index (χ0n) is 8.28. The van der Waals surface area contributed by atoms with Crippen LogP contribution in [0.5, 0.6) is 0 Å². The smallest absolute Gasteiger partial charge is 0.140 e. The molecular formula is C12H9F2NS. The van der Waals surface area contributed by atoms with Gasteiger partial charge in [0.1, 0.15) is 11.6 Å². The van der Waals surface area contributed by atoms with E-state index in [2.05, 4.69) is 0 Å². The molecule has 0 fully saturated rings. The predicted molar refractivity (Wildman–Crippen MR) is 61.3 cm³/mol. The summed E-state index contributed by atoms with van der Waals surface area (Å²) in [5.74, 6) is -1.16. The van der Waals surface area contributed by atoms with Crippen LogP contribution in [-0.4, -0.2) is 0 Å². The van der Waals surface area contributed by atoms with Gasteiger partial charge in [-0.3, -0.25) is 0 Å². The largest absolute Gasteiger partial charge is 0.398 e. The fraction of sp³-hybridized carbons (Fsp3) is 0. The SMILES string of the molecule is Nc1ccccc1Sc1ccc(F)cc1F. The summed E-state index contributed by atoms with van der Waals surface area (Å²) in [6.07, 6.45) is 0. The van der Waals surface area contributed by atoms with Gasteiger partial charge in [-0.25, -0.2) is 8.78 Å². The third-order valence-electron chi connectivity index (χ3n) is 2.03. The number of anilines is 1. The van der Waals surface area contributed by atoms with Crippen LogP contribution in [-0.2, 0) is 0 Å². The number of nitrogen functional groups attached to an aromatic ring is 1. The summed E-state index contributed by atoms with van der Waals surface area (Å²) in [6.45, 7) is 0. The molecule has 0 aliphatic rings. The quantitative estimate of drug-likeness (QED) is 0.806. The first-order chi connectivity index (χ1) is 7.66. The number of nitrogens with two attached hydrogens (primary N) is 1. The molecular weight excluding hydrogens is 228 g/mol. The Morgan fingerprint density at radius 3 is 2.38 bits per heavy atom. The summed E-state index contributed by atoms with van der Waals surface area (Å²) in [4.78, 5) is 1.12. The number of hydrogen-bond acceptors (Lipinski definition) is 2. The lowest BCUT2D eigenvalue weighted by Crippen LogP contribution is -1.88. The van der Waals surface area contributed by atoms with Crippen molar-refractivity contribution in [1.82, 2.24) is 0 Å². The molecule has 0 aliphatic heterocycles. The van der Waals surface area contributed by atoms with Crippen LogP contribution < -0.4 is 5.73 Å². The number of halogens is 2. The lowest BCUT2D eigenvalue weighted by Gasteiger charge is -2.05. The van der Waals surface area contributed by atoms with Gasteiger partial charge >= 0.3 is 0 Å². The molecule has 0 amide bonds. The Bertz CT molecular complexity index is 514. The maximum Gasteiger partial charge on any atom is 0.140 e. The minimum Gasteiger partial charge on any atom is -0.398 e. The average molecular weight is 237 g/mol. The van der Waals surface area contributed by atoms with E-state index < -0.39 is 11.6 Å². The topological polar surface area (TPSA) is 26.0 Å². The van der Waals surface area contributed by atoms with E-state index in [1.54, 1.807) is 18.2 Å². The molecule has 0 aromatic heterocycles. The Hall–Kier alpha value is -1.55. The maximum absolute atomic E-state index is 13.4. The lowest BCUT2D eigenvalue weighted by molar-refractivity contribution is 0.566. The van der Waals surface area contributed by atoms with E-state index in [0.29, 0.717) is 10.6 Å². The molecule has 16 heavy (non-hydrogen) atoms. The Labute approximate surface area is 96.3 Å². The van der Waals surface area contributed by atoms with Crippen LogP contribution in [0, 0.1) is 11.6 Å². The highest BCUT2D eigenvalue weighted by molar-refractivity contribution is 7.99. The monoisotopic (exact) mass is 237 g/mol. The predicted octanol–water partition coefficient (Wildman–Crippen LogP) is 3.70. The van der Waals surface area contributed by atoms with Crippen LogP contribution in [0.3, 0.4) is 0 Å². The first-order valence-electron chi connectivity index (χ1n) is 4.64. The molecule has 0 heterocycles. The summed E-state index contributed by atoms with van der Waals surface area (Å²) in [5, 5.41) is 0. The van der Waals surface area contributed by atoms with E-state index in [1.807, 2.05) is 6.07 Å². The van der Waals surface area contributed by atoms with Gasteiger partial charge < -0.3 is 5.73 Å². The summed E-state index contributed by atoms with van der Waals surface area (Å²) >= 11 is 1.18. The lowest BCUT2D eigenvalue weighted by atomic mass is 10.3. The van der Waals surface area contributed by atoms with E-state index in [-0.39, 0.29) is 0 Å². The molecule has 0 atom stereocenters. The third-order valence-corrected chi connectivity index (χ3v) is 3.18. The van der Waals surface area contributed by atoms with E-state index in [0.717, 1.165) is 11.0 Å². The highest BCUT2D eigenvalue weighted by Crippen LogP contribution is 2.33. The van der Waals surface area contributed by atoms with Gasteiger partial charge in [0.2, 0.25) is 0 Å². The van der Waals surface area contributed by atoms with E-state index in [1.165, 1.54) is 23.9 Å². The van der Waals surface area contributed by atoms with Gasteiger partial charge in [-0.2, -0.15) is 0 Å². The second-order valence-electron chi connectivity index (χ2n) is 3.21. The molecule has 2 rings (SSSR count). The van der Waals surface area contributed by atoms with Crippen molar-refractivity contribution in [2.24, 2.45) is 0 Å². The fourth-order valence-electron chi connectivity index (χ4n) is 1.25. The second-order valence-corrected chi connectivity index (χ2v) is 4.30. The molecule has 1 nitrogen and oxygen atoms in total. The number of benzene rings is 2. The van der Waals surface area contributed by atoms with Gasteiger partial charge in [0.15, 0.2) is 0 Å². The first kappa shape index (κ1) is 11.0. The van der Waals surface area contributed by atoms with Gasteiger partial charge in [-0.15, -0.1) is 0 Å². The molecule has 0 unspecified atom stereocenters. The van der Waals surface area contributed by atoms with Crippen molar-refractivity contribution < 1.29 is 8.78 Å². The van der Waals surface area contributed by atoms with Gasteiger partial charge in [0, 0.05) is 21.5 Å². The fourth-order valence-corrected chi connectivity index (χ4v) is 2.11. The number of hydrogen-bond donors (Lipinski definition) is 1. The molecule has 0 saturated heterocycles. The van der Waals surface area contributed by atoms with Crippen molar-refractivity contribution in [3.8, 4) is 0 Å². The Morgan fingerprint density at radius 2 is 1.69 bits per heavy atom. The third kappa shape index (κ3) is 2.33. The summed E-state index contributed by atoms with van der Waals surface area (Å²) in [5.41, 5.74) is 6.31. The van der Waals surface area contributed by atoms with Gasteiger partial charge in [-0.05, 0) is 24.3 Å². The minimum absolute atomic E-state index is 0.360. The van der Waals surface area contributed by atoms with Gasteiger partial charge in [0.05, 0.1) is 0 Å². The van der Waals surface area contributed by atoms with Crippen LogP contribution in [0.1, 0.15) is 0 Å². The van der Waals surface area contributed by atoms with E-state index >= 15 is 0 Å². The first-order valence-corrected chi connectivity index (χ1v) is 5.46. The van der Waals surface area contributed by atoms with Crippen molar-refractivity contribution in [2.45, 2.75) is 9.79 Å². The van der Waals surface area contributed by atoms with Crippen LogP contribution in [0.4, 0.5) is 14.5 Å². The molecule has 0 aliphatic carbocycles. The van der Waals surface area contributed by atoms with Crippen molar-refractivity contribution in [3.63, 3.8) is 0 Å². The zero-order valence-corrected chi connectivity index (χ0v) is 9.10. The Kier molecular flexibility index (Phi) is 3.10. The van der Waals surface area contributed by atoms with E-state index in [4.69, 9.17) is 5.73 Å². The van der Waals surface area contributed by atoms with Crippen molar-refractivity contribution in [2.75, 3.05) is 5.73 Å². The summed E-state index contributed by atoms with van der Waals surface area (Å²) in [7, 11) is 0. The maximum atomic E-state index is 13.4. The molecule has 0 saturated carbocycles. The van der Waals surface area contributed by atoms with Crippen LogP contribution in [0.25, 0.3) is 0 Å². The molecule has 2 aromatic carbocycles. The average Bonchev–Trinajstić information content (AvgIpc) is 2.25. The van der Waals surface area contributed by atoms with Crippen molar-refractivity contribution in [3.05, 3.63) is 54.1 Å². The van der Waals surface area contributed by atoms with Crippen LogP contribution in [0.15, 0.2) is 52.3 Å². The summed E-state index contributed by atoms with van der Waals surface area (Å²) < 4.78 is 26.1. The van der Waals surface area contributed by atoms with Crippen LogP contribution >= 0.6 is 11.8 Å². The van der Waals surface area contributed by atoms with Crippen molar-refractivity contribution >= 4 is 17.4 Å². The Balaban J connectivity index is 2.31. The number of rotatable bonds is 2.